The summed E-state index contributed by atoms with van der Waals surface area (Å²) in [6.07, 6.45) is 2.92. The number of fused-ring (bicyclic) bond motifs is 1. The van der Waals surface area contributed by atoms with Crippen molar-refractivity contribution in [2.45, 2.75) is 13.0 Å². The van der Waals surface area contributed by atoms with Gasteiger partial charge in [-0.25, -0.2) is 14.8 Å². The average molecular weight is 387 g/mol. The van der Waals surface area contributed by atoms with Gasteiger partial charge >= 0.3 is 5.97 Å². The number of nitrogens with one attached hydrogen (secondary N) is 1. The van der Waals surface area contributed by atoms with Crippen LogP contribution in [0.4, 0.5) is 5.82 Å². The Morgan fingerprint density at radius 1 is 1.44 bits per heavy atom. The number of aromatic carboxylic acids is 1. The number of rotatable bonds is 5. The SMILES string of the molecule is CONC1CN(c2cc(C)c3c(=O)c(C(=O)O)cn(-c4nccs4)c3n2)C1. The number of carboxylic acid groups (broad SMARTS) is 1. The van der Waals surface area contributed by atoms with E-state index >= 15 is 0 Å². The number of carbonyl (C=O) groups is 1. The van der Waals surface area contributed by atoms with Crippen molar-refractivity contribution in [1.29, 1.82) is 0 Å². The molecular formula is C17H17N5O4S. The third-order valence-corrected chi connectivity index (χ3v) is 5.26. The van der Waals surface area contributed by atoms with Crippen LogP contribution in [0.3, 0.4) is 0 Å². The van der Waals surface area contributed by atoms with Gasteiger partial charge in [0.2, 0.25) is 5.43 Å². The van der Waals surface area contributed by atoms with E-state index in [1.807, 2.05) is 6.07 Å². The number of pyridine rings is 2. The molecule has 0 atom stereocenters. The van der Waals surface area contributed by atoms with Gasteiger partial charge in [0.25, 0.3) is 0 Å². The van der Waals surface area contributed by atoms with Crippen LogP contribution in [0.1, 0.15) is 15.9 Å². The molecule has 27 heavy (non-hydrogen) atoms. The third-order valence-electron chi connectivity index (χ3n) is 4.49. The average Bonchev–Trinajstić information content (AvgIpc) is 3.11. The summed E-state index contributed by atoms with van der Waals surface area (Å²) in [5.74, 6) is -0.547. The van der Waals surface area contributed by atoms with E-state index < -0.39 is 11.4 Å². The molecule has 0 amide bonds. The van der Waals surface area contributed by atoms with Crippen molar-refractivity contribution < 1.29 is 14.7 Å². The predicted molar refractivity (Wildman–Crippen MR) is 101 cm³/mol. The van der Waals surface area contributed by atoms with Gasteiger partial charge in [0.15, 0.2) is 10.8 Å². The van der Waals surface area contributed by atoms with Crippen LogP contribution < -0.4 is 15.8 Å². The molecule has 1 aliphatic heterocycles. The summed E-state index contributed by atoms with van der Waals surface area (Å²) in [6, 6.07) is 2.02. The standard InChI is InChI=1S/C17H17N5O4S/c1-9-5-12(21-6-10(7-21)20-26-2)19-15-13(9)14(23)11(16(24)25)8-22(15)17-18-3-4-27-17/h3-5,8,10,20H,6-7H2,1-2H3,(H,24,25). The van der Waals surface area contributed by atoms with Crippen molar-refractivity contribution in [1.82, 2.24) is 20.0 Å². The Morgan fingerprint density at radius 2 is 2.22 bits per heavy atom. The highest BCUT2D eigenvalue weighted by Gasteiger charge is 2.29. The van der Waals surface area contributed by atoms with Gasteiger partial charge < -0.3 is 14.8 Å². The van der Waals surface area contributed by atoms with E-state index in [1.165, 1.54) is 17.5 Å². The smallest absolute Gasteiger partial charge is 0.341 e. The van der Waals surface area contributed by atoms with Crippen LogP contribution in [-0.2, 0) is 4.84 Å². The zero-order valence-corrected chi connectivity index (χ0v) is 15.5. The predicted octanol–water partition coefficient (Wildman–Crippen LogP) is 1.19. The van der Waals surface area contributed by atoms with Gasteiger partial charge in [-0.15, -0.1) is 11.3 Å². The van der Waals surface area contributed by atoms with E-state index in [0.717, 1.165) is 18.9 Å². The molecule has 4 heterocycles. The van der Waals surface area contributed by atoms with E-state index in [2.05, 4.69) is 20.3 Å². The van der Waals surface area contributed by atoms with Crippen LogP contribution in [0, 0.1) is 6.92 Å². The number of aryl methyl sites for hydroxylation is 1. The Kier molecular flexibility index (Phi) is 4.38. The summed E-state index contributed by atoms with van der Waals surface area (Å²) < 4.78 is 1.58. The molecule has 140 valence electrons. The van der Waals surface area contributed by atoms with Crippen molar-refractivity contribution in [3.05, 3.63) is 45.2 Å². The molecule has 0 spiro atoms. The highest BCUT2D eigenvalue weighted by molar-refractivity contribution is 7.12. The fraction of sp³-hybridized carbons (Fsp3) is 0.294. The molecule has 0 bridgehead atoms. The van der Waals surface area contributed by atoms with E-state index in [9.17, 15) is 14.7 Å². The molecule has 3 aromatic rings. The molecule has 0 radical (unpaired) electrons. The maximum atomic E-state index is 12.7. The Bertz CT molecular complexity index is 1070. The normalized spacial score (nSPS) is 14.5. The van der Waals surface area contributed by atoms with Crippen molar-refractivity contribution in [2.75, 3.05) is 25.1 Å². The summed E-state index contributed by atoms with van der Waals surface area (Å²) in [7, 11) is 1.58. The molecular weight excluding hydrogens is 370 g/mol. The highest BCUT2D eigenvalue weighted by atomic mass is 32.1. The van der Waals surface area contributed by atoms with Gasteiger partial charge in [0, 0.05) is 30.9 Å². The lowest BCUT2D eigenvalue weighted by molar-refractivity contribution is 0.0517. The van der Waals surface area contributed by atoms with E-state index in [0.29, 0.717) is 21.7 Å². The first kappa shape index (κ1) is 17.6. The number of hydrogen-bond acceptors (Lipinski definition) is 8. The van der Waals surface area contributed by atoms with Crippen LogP contribution in [0.15, 0.2) is 28.6 Å². The summed E-state index contributed by atoms with van der Waals surface area (Å²) in [6.45, 7) is 3.23. The minimum Gasteiger partial charge on any atom is -0.477 e. The second kappa shape index (κ2) is 6.72. The number of carboxylic acids is 1. The van der Waals surface area contributed by atoms with E-state index in [-0.39, 0.29) is 11.6 Å². The third kappa shape index (κ3) is 2.97. The topological polar surface area (TPSA) is 110 Å². The lowest BCUT2D eigenvalue weighted by Gasteiger charge is -2.40. The van der Waals surface area contributed by atoms with Crippen LogP contribution in [-0.4, -0.2) is 51.9 Å². The zero-order valence-electron chi connectivity index (χ0n) is 14.7. The molecule has 0 unspecified atom stereocenters. The molecule has 2 N–H and O–H groups in total. The first-order valence-corrected chi connectivity index (χ1v) is 9.11. The Balaban J connectivity index is 1.90. The lowest BCUT2D eigenvalue weighted by Crippen LogP contribution is -2.58. The maximum Gasteiger partial charge on any atom is 0.341 e. The summed E-state index contributed by atoms with van der Waals surface area (Å²) in [5, 5.41) is 12.1. The van der Waals surface area contributed by atoms with Gasteiger partial charge in [-0.1, -0.05) is 0 Å². The summed E-state index contributed by atoms with van der Waals surface area (Å²) in [4.78, 5) is 40.2. The molecule has 3 aromatic heterocycles. The maximum absolute atomic E-state index is 12.7. The lowest BCUT2D eigenvalue weighted by atomic mass is 10.1. The minimum atomic E-state index is -1.27. The van der Waals surface area contributed by atoms with Gasteiger partial charge in [0.05, 0.1) is 18.5 Å². The molecule has 0 saturated carbocycles. The van der Waals surface area contributed by atoms with Crippen molar-refractivity contribution in [2.24, 2.45) is 0 Å². The van der Waals surface area contributed by atoms with Gasteiger partial charge in [-0.2, -0.15) is 5.48 Å². The van der Waals surface area contributed by atoms with Crippen LogP contribution >= 0.6 is 11.3 Å². The first-order valence-electron chi connectivity index (χ1n) is 8.23. The monoisotopic (exact) mass is 387 g/mol. The number of nitrogens with zero attached hydrogens (tertiary/aromatic N) is 4. The highest BCUT2D eigenvalue weighted by Crippen LogP contribution is 2.26. The number of aromatic nitrogens is 3. The molecule has 1 fully saturated rings. The molecule has 1 aliphatic rings. The zero-order chi connectivity index (χ0) is 19.1. The Hall–Kier alpha value is -2.82. The van der Waals surface area contributed by atoms with Crippen LogP contribution in [0.25, 0.3) is 16.2 Å². The fourth-order valence-corrected chi connectivity index (χ4v) is 3.80. The van der Waals surface area contributed by atoms with Crippen LogP contribution in [0.2, 0.25) is 0 Å². The Morgan fingerprint density at radius 3 is 2.85 bits per heavy atom. The number of hydrogen-bond donors (Lipinski definition) is 2. The molecule has 4 rings (SSSR count). The van der Waals surface area contributed by atoms with Gasteiger partial charge in [0.1, 0.15) is 11.4 Å². The minimum absolute atomic E-state index is 0.211. The molecule has 0 aliphatic carbocycles. The molecule has 10 heteroatoms. The number of anilines is 1. The first-order chi connectivity index (χ1) is 13.0. The van der Waals surface area contributed by atoms with Gasteiger partial charge in [-0.3, -0.25) is 9.36 Å². The van der Waals surface area contributed by atoms with E-state index in [4.69, 9.17) is 4.84 Å². The number of hydroxylamine groups is 1. The second-order valence-electron chi connectivity index (χ2n) is 6.28. The van der Waals surface area contributed by atoms with Crippen molar-refractivity contribution in [3.63, 3.8) is 0 Å². The number of thiazole rings is 1. The van der Waals surface area contributed by atoms with E-state index in [1.54, 1.807) is 30.2 Å². The molecule has 0 aromatic carbocycles. The fourth-order valence-electron chi connectivity index (χ4n) is 3.18. The summed E-state index contributed by atoms with van der Waals surface area (Å²) >= 11 is 1.34. The second-order valence-corrected chi connectivity index (χ2v) is 7.15. The molecule has 9 nitrogen and oxygen atoms in total. The van der Waals surface area contributed by atoms with Crippen molar-refractivity contribution >= 4 is 34.2 Å². The van der Waals surface area contributed by atoms with Crippen molar-refractivity contribution in [3.8, 4) is 5.13 Å². The molecule has 1 saturated heterocycles. The van der Waals surface area contributed by atoms with Gasteiger partial charge in [-0.05, 0) is 18.6 Å². The van der Waals surface area contributed by atoms with Crippen LogP contribution in [0.5, 0.6) is 0 Å². The summed E-state index contributed by atoms with van der Waals surface area (Å²) in [5.41, 5.74) is 3.14. The Labute approximate surface area is 157 Å². The largest absolute Gasteiger partial charge is 0.477 e. The quantitative estimate of drug-likeness (QED) is 0.628.